The van der Waals surface area contributed by atoms with E-state index in [1.165, 1.54) is 4.90 Å². The van der Waals surface area contributed by atoms with Crippen LogP contribution in [0.25, 0.3) is 0 Å². The summed E-state index contributed by atoms with van der Waals surface area (Å²) >= 11 is 0. The molecular weight excluding hydrogens is 384 g/mol. The fourth-order valence-corrected chi connectivity index (χ4v) is 5.33. The number of unbranched alkanes of at least 4 members (excludes halogenated alkanes) is 1. The lowest BCUT2D eigenvalue weighted by molar-refractivity contribution is -0.143. The number of amides is 4. The highest BCUT2D eigenvalue weighted by Gasteiger charge is 2.70. The van der Waals surface area contributed by atoms with E-state index in [0.717, 1.165) is 24.1 Å². The van der Waals surface area contributed by atoms with Gasteiger partial charge in [-0.1, -0.05) is 38.5 Å². The van der Waals surface area contributed by atoms with Gasteiger partial charge < -0.3 is 11.1 Å². The second-order valence-electron chi connectivity index (χ2n) is 8.40. The molecule has 0 aromatic heterocycles. The summed E-state index contributed by atoms with van der Waals surface area (Å²) in [5.41, 5.74) is 6.45. The standard InChI is InChI=1S/C22H28N4O4/c1-3-5-11-26-19(28)16-14(9-10-15(23)27)25-22(17(16)20(26)29)13-8-6-7-12(4-2)18(13)24-21(22)30/h6-8,14,16-17,25H,3-5,9-11H2,1-2H3,(H2,23,27)(H,24,30)/t14?,16-,17+,22?/m1/s1. The maximum absolute atomic E-state index is 13.5. The van der Waals surface area contributed by atoms with Crippen molar-refractivity contribution in [2.45, 2.75) is 57.5 Å². The van der Waals surface area contributed by atoms with Gasteiger partial charge in [0.2, 0.25) is 23.6 Å². The lowest BCUT2D eigenvalue weighted by Gasteiger charge is -2.29. The predicted molar refractivity (Wildman–Crippen MR) is 110 cm³/mol. The van der Waals surface area contributed by atoms with E-state index in [1.807, 2.05) is 32.0 Å². The second-order valence-corrected chi connectivity index (χ2v) is 8.40. The van der Waals surface area contributed by atoms with Gasteiger partial charge in [0, 0.05) is 30.3 Å². The Kier molecular flexibility index (Phi) is 5.13. The van der Waals surface area contributed by atoms with Crippen molar-refractivity contribution in [3.05, 3.63) is 29.3 Å². The van der Waals surface area contributed by atoms with Gasteiger partial charge in [-0.25, -0.2) is 0 Å². The fraction of sp³-hybridized carbons (Fsp3) is 0.545. The van der Waals surface area contributed by atoms with Gasteiger partial charge in [-0.2, -0.15) is 0 Å². The van der Waals surface area contributed by atoms with Crippen molar-refractivity contribution in [1.82, 2.24) is 10.2 Å². The number of nitrogens with two attached hydrogens (primary N) is 1. The molecule has 4 amide bonds. The highest BCUT2D eigenvalue weighted by Crippen LogP contribution is 2.54. The van der Waals surface area contributed by atoms with Gasteiger partial charge in [0.05, 0.1) is 11.8 Å². The lowest BCUT2D eigenvalue weighted by Crippen LogP contribution is -2.53. The van der Waals surface area contributed by atoms with E-state index in [2.05, 4.69) is 10.6 Å². The molecule has 0 aliphatic carbocycles. The van der Waals surface area contributed by atoms with Crippen molar-refractivity contribution in [3.63, 3.8) is 0 Å². The minimum Gasteiger partial charge on any atom is -0.370 e. The molecule has 1 spiro atoms. The Bertz CT molecular complexity index is 930. The average molecular weight is 412 g/mol. The number of carbonyl (C=O) groups excluding carboxylic acids is 4. The number of fused-ring (bicyclic) bond motifs is 4. The van der Waals surface area contributed by atoms with Crippen molar-refractivity contribution in [1.29, 1.82) is 0 Å². The van der Waals surface area contributed by atoms with E-state index in [-0.39, 0.29) is 24.1 Å². The molecule has 4 atom stereocenters. The summed E-state index contributed by atoms with van der Waals surface area (Å²) in [4.78, 5) is 52.8. The van der Waals surface area contributed by atoms with Gasteiger partial charge in [-0.05, 0) is 24.8 Å². The monoisotopic (exact) mass is 412 g/mol. The number of aryl methyl sites for hydroxylation is 1. The summed E-state index contributed by atoms with van der Waals surface area (Å²) in [6, 6.07) is 5.19. The third-order valence-electron chi connectivity index (χ3n) is 6.75. The maximum Gasteiger partial charge on any atom is 0.250 e. The first-order valence-electron chi connectivity index (χ1n) is 10.7. The number of nitrogens with zero attached hydrogens (tertiary/aromatic N) is 1. The van der Waals surface area contributed by atoms with Crippen LogP contribution in [-0.4, -0.2) is 41.1 Å². The van der Waals surface area contributed by atoms with Crippen LogP contribution in [0.1, 0.15) is 50.7 Å². The smallest absolute Gasteiger partial charge is 0.250 e. The SMILES string of the molecule is CCCCN1C(=O)[C@@H]2C(CCC(N)=O)NC3(C(=O)Nc4c(CC)cccc43)[C@@H]2C1=O. The summed E-state index contributed by atoms with van der Waals surface area (Å²) in [5.74, 6) is -2.86. The number of imide groups is 1. The van der Waals surface area contributed by atoms with E-state index in [9.17, 15) is 19.2 Å². The molecule has 2 fully saturated rings. The molecule has 3 heterocycles. The fourth-order valence-electron chi connectivity index (χ4n) is 5.33. The molecule has 8 heteroatoms. The van der Waals surface area contributed by atoms with E-state index in [4.69, 9.17) is 5.73 Å². The van der Waals surface area contributed by atoms with Crippen LogP contribution in [0.3, 0.4) is 0 Å². The molecule has 160 valence electrons. The van der Waals surface area contributed by atoms with Crippen LogP contribution in [0, 0.1) is 11.8 Å². The zero-order valence-electron chi connectivity index (χ0n) is 17.4. The molecule has 0 bridgehead atoms. The number of carbonyl (C=O) groups is 4. The highest BCUT2D eigenvalue weighted by atomic mass is 16.2. The third kappa shape index (κ3) is 2.77. The number of nitrogens with one attached hydrogen (secondary N) is 2. The normalized spacial score (nSPS) is 29.5. The molecule has 0 saturated carbocycles. The number of likely N-dealkylation sites (tertiary alicyclic amines) is 1. The Morgan fingerprint density at radius 2 is 1.97 bits per heavy atom. The van der Waals surface area contributed by atoms with Gasteiger partial charge in [-0.3, -0.25) is 29.4 Å². The Morgan fingerprint density at radius 3 is 2.63 bits per heavy atom. The van der Waals surface area contributed by atoms with Crippen LogP contribution in [0.15, 0.2) is 18.2 Å². The molecule has 2 saturated heterocycles. The quantitative estimate of drug-likeness (QED) is 0.578. The topological polar surface area (TPSA) is 122 Å². The predicted octanol–water partition coefficient (Wildman–Crippen LogP) is 1.04. The molecule has 1 aromatic rings. The van der Waals surface area contributed by atoms with Crippen LogP contribution in [0.4, 0.5) is 5.69 Å². The van der Waals surface area contributed by atoms with Gasteiger partial charge in [0.25, 0.3) is 0 Å². The zero-order valence-corrected chi connectivity index (χ0v) is 17.4. The zero-order chi connectivity index (χ0) is 21.6. The van der Waals surface area contributed by atoms with Gasteiger partial charge in [0.1, 0.15) is 5.54 Å². The number of hydrogen-bond donors (Lipinski definition) is 3. The van der Waals surface area contributed by atoms with Gasteiger partial charge in [0.15, 0.2) is 0 Å². The van der Waals surface area contributed by atoms with Crippen LogP contribution >= 0.6 is 0 Å². The summed E-state index contributed by atoms with van der Waals surface area (Å²) in [6.07, 6.45) is 2.68. The number of para-hydroxylation sites is 1. The summed E-state index contributed by atoms with van der Waals surface area (Å²) in [6.45, 7) is 4.35. The van der Waals surface area contributed by atoms with Crippen molar-refractivity contribution < 1.29 is 19.2 Å². The largest absolute Gasteiger partial charge is 0.370 e. The Labute approximate surface area is 175 Å². The number of rotatable bonds is 7. The Hall–Kier alpha value is -2.74. The number of hydrogen-bond acceptors (Lipinski definition) is 5. The first kappa shape index (κ1) is 20.5. The van der Waals surface area contributed by atoms with Crippen molar-refractivity contribution in [2.24, 2.45) is 17.6 Å². The summed E-state index contributed by atoms with van der Waals surface area (Å²) < 4.78 is 0. The first-order valence-corrected chi connectivity index (χ1v) is 10.7. The van der Waals surface area contributed by atoms with Gasteiger partial charge >= 0.3 is 0 Å². The molecule has 3 aliphatic heterocycles. The Balaban J connectivity index is 1.82. The molecule has 30 heavy (non-hydrogen) atoms. The van der Waals surface area contributed by atoms with Crippen LogP contribution in [0.2, 0.25) is 0 Å². The maximum atomic E-state index is 13.5. The van der Waals surface area contributed by atoms with Crippen molar-refractivity contribution >= 4 is 29.3 Å². The summed E-state index contributed by atoms with van der Waals surface area (Å²) in [5, 5.41) is 6.30. The molecule has 4 N–H and O–H groups in total. The Morgan fingerprint density at radius 1 is 1.20 bits per heavy atom. The number of benzene rings is 1. The van der Waals surface area contributed by atoms with Crippen LogP contribution in [-0.2, 0) is 31.1 Å². The van der Waals surface area contributed by atoms with Crippen LogP contribution < -0.4 is 16.4 Å². The highest BCUT2D eigenvalue weighted by molar-refractivity contribution is 6.15. The van der Waals surface area contributed by atoms with Gasteiger partial charge in [-0.15, -0.1) is 0 Å². The van der Waals surface area contributed by atoms with E-state index >= 15 is 0 Å². The average Bonchev–Trinajstić information content (AvgIpc) is 3.30. The number of primary amides is 1. The summed E-state index contributed by atoms with van der Waals surface area (Å²) in [7, 11) is 0. The molecule has 1 aromatic carbocycles. The minimum absolute atomic E-state index is 0.0802. The second kappa shape index (κ2) is 7.50. The molecular formula is C22H28N4O4. The van der Waals surface area contributed by atoms with E-state index in [0.29, 0.717) is 24.9 Å². The molecule has 4 rings (SSSR count). The first-order chi connectivity index (χ1) is 14.4. The molecule has 0 radical (unpaired) electrons. The molecule has 2 unspecified atom stereocenters. The molecule has 3 aliphatic rings. The van der Waals surface area contributed by atoms with Crippen LogP contribution in [0.5, 0.6) is 0 Å². The lowest BCUT2D eigenvalue weighted by atomic mass is 9.76. The van der Waals surface area contributed by atoms with E-state index in [1.54, 1.807) is 0 Å². The molecule has 8 nitrogen and oxygen atoms in total. The third-order valence-corrected chi connectivity index (χ3v) is 6.75. The number of anilines is 1. The van der Waals surface area contributed by atoms with Crippen molar-refractivity contribution in [3.8, 4) is 0 Å². The van der Waals surface area contributed by atoms with Crippen molar-refractivity contribution in [2.75, 3.05) is 11.9 Å². The minimum atomic E-state index is -1.30. The van der Waals surface area contributed by atoms with E-state index < -0.39 is 29.3 Å².